The van der Waals surface area contributed by atoms with Gasteiger partial charge in [-0.15, -0.1) is 0 Å². The fraction of sp³-hybridized carbons (Fsp3) is 0.400. The summed E-state index contributed by atoms with van der Waals surface area (Å²) < 4.78 is 5.10. The fourth-order valence-corrected chi connectivity index (χ4v) is 1.70. The minimum atomic E-state index is -0.669. The summed E-state index contributed by atoms with van der Waals surface area (Å²) in [7, 11) is 1.56. The van der Waals surface area contributed by atoms with Crippen molar-refractivity contribution in [2.45, 2.75) is 13.0 Å². The first-order valence-corrected chi connectivity index (χ1v) is 4.70. The van der Waals surface area contributed by atoms with Gasteiger partial charge in [-0.2, -0.15) is 0 Å². The third-order valence-electron chi connectivity index (χ3n) is 2.06. The van der Waals surface area contributed by atoms with E-state index in [4.69, 9.17) is 22.1 Å². The van der Waals surface area contributed by atoms with E-state index in [1.165, 1.54) is 0 Å². The molecule has 0 aliphatic rings. The average molecular weight is 216 g/mol. The summed E-state index contributed by atoms with van der Waals surface area (Å²) in [4.78, 5) is 0. The lowest BCUT2D eigenvalue weighted by molar-refractivity contribution is 0.186. The van der Waals surface area contributed by atoms with Crippen molar-refractivity contribution in [2.75, 3.05) is 13.7 Å². The van der Waals surface area contributed by atoms with Crippen LogP contribution in [0.1, 0.15) is 17.2 Å². The van der Waals surface area contributed by atoms with Crippen LogP contribution in [0.2, 0.25) is 5.02 Å². The minimum Gasteiger partial charge on any atom is -0.495 e. The van der Waals surface area contributed by atoms with E-state index >= 15 is 0 Å². The SMILES string of the molecule is COc1c(C)cc(C(O)CN)cc1Cl. The molecule has 3 nitrogen and oxygen atoms in total. The number of ether oxygens (including phenoxy) is 1. The van der Waals surface area contributed by atoms with Gasteiger partial charge < -0.3 is 15.6 Å². The summed E-state index contributed by atoms with van der Waals surface area (Å²) in [6.07, 6.45) is -0.669. The van der Waals surface area contributed by atoms with Gasteiger partial charge in [0.05, 0.1) is 18.2 Å². The Bertz CT molecular complexity index is 305. The van der Waals surface area contributed by atoms with Crippen LogP contribution < -0.4 is 10.5 Å². The molecule has 0 fully saturated rings. The number of benzene rings is 1. The molecule has 1 rings (SSSR count). The highest BCUT2D eigenvalue weighted by Gasteiger charge is 2.11. The van der Waals surface area contributed by atoms with Crippen LogP contribution >= 0.6 is 11.6 Å². The van der Waals surface area contributed by atoms with Gasteiger partial charge in [-0.25, -0.2) is 0 Å². The van der Waals surface area contributed by atoms with Gasteiger partial charge in [0, 0.05) is 6.54 Å². The summed E-state index contributed by atoms with van der Waals surface area (Å²) in [5.74, 6) is 0.639. The Kier molecular flexibility index (Phi) is 3.75. The average Bonchev–Trinajstić information content (AvgIpc) is 2.16. The molecule has 0 saturated carbocycles. The molecule has 78 valence electrons. The summed E-state index contributed by atoms with van der Waals surface area (Å²) in [6, 6.07) is 3.49. The maximum absolute atomic E-state index is 9.52. The Morgan fingerprint density at radius 3 is 2.64 bits per heavy atom. The van der Waals surface area contributed by atoms with Crippen LogP contribution in [0.3, 0.4) is 0 Å². The Morgan fingerprint density at radius 1 is 1.57 bits per heavy atom. The van der Waals surface area contributed by atoms with Crippen molar-refractivity contribution in [3.63, 3.8) is 0 Å². The topological polar surface area (TPSA) is 55.5 Å². The minimum absolute atomic E-state index is 0.183. The maximum Gasteiger partial charge on any atom is 0.140 e. The normalized spacial score (nSPS) is 12.6. The predicted molar refractivity (Wildman–Crippen MR) is 56.8 cm³/mol. The van der Waals surface area contributed by atoms with Crippen LogP contribution in [0.5, 0.6) is 5.75 Å². The van der Waals surface area contributed by atoms with Crippen LogP contribution in [0.4, 0.5) is 0 Å². The third-order valence-corrected chi connectivity index (χ3v) is 2.34. The Morgan fingerprint density at radius 2 is 2.21 bits per heavy atom. The van der Waals surface area contributed by atoms with Gasteiger partial charge in [-0.1, -0.05) is 11.6 Å². The van der Waals surface area contributed by atoms with E-state index in [0.717, 1.165) is 11.1 Å². The van der Waals surface area contributed by atoms with Gasteiger partial charge in [0.2, 0.25) is 0 Å². The van der Waals surface area contributed by atoms with Gasteiger partial charge in [-0.05, 0) is 30.2 Å². The first-order valence-electron chi connectivity index (χ1n) is 4.32. The molecule has 1 aromatic carbocycles. The highest BCUT2D eigenvalue weighted by molar-refractivity contribution is 6.32. The monoisotopic (exact) mass is 215 g/mol. The maximum atomic E-state index is 9.52. The Labute approximate surface area is 88.4 Å². The second-order valence-electron chi connectivity index (χ2n) is 3.10. The third kappa shape index (κ3) is 2.18. The summed E-state index contributed by atoms with van der Waals surface area (Å²) in [5, 5.41) is 10.0. The van der Waals surface area contributed by atoms with Crippen molar-refractivity contribution in [1.29, 1.82) is 0 Å². The lowest BCUT2D eigenvalue weighted by Gasteiger charge is -2.13. The molecule has 0 bridgehead atoms. The highest BCUT2D eigenvalue weighted by atomic mass is 35.5. The van der Waals surface area contributed by atoms with E-state index < -0.39 is 6.10 Å². The first-order chi connectivity index (χ1) is 6.60. The second-order valence-corrected chi connectivity index (χ2v) is 3.51. The van der Waals surface area contributed by atoms with E-state index in [1.54, 1.807) is 13.2 Å². The van der Waals surface area contributed by atoms with Crippen molar-refractivity contribution >= 4 is 11.6 Å². The summed E-state index contributed by atoms with van der Waals surface area (Å²) >= 11 is 5.96. The number of halogens is 1. The zero-order chi connectivity index (χ0) is 10.7. The smallest absolute Gasteiger partial charge is 0.140 e. The molecule has 0 aliphatic carbocycles. The summed E-state index contributed by atoms with van der Waals surface area (Å²) in [5.41, 5.74) is 6.96. The predicted octanol–water partition coefficient (Wildman–Crippen LogP) is 1.65. The van der Waals surface area contributed by atoms with Crippen molar-refractivity contribution in [1.82, 2.24) is 0 Å². The number of aliphatic hydroxyl groups is 1. The van der Waals surface area contributed by atoms with E-state index in [-0.39, 0.29) is 6.54 Å². The fourth-order valence-electron chi connectivity index (χ4n) is 1.34. The van der Waals surface area contributed by atoms with Crippen molar-refractivity contribution in [2.24, 2.45) is 5.73 Å². The van der Waals surface area contributed by atoms with Crippen LogP contribution in [0, 0.1) is 6.92 Å². The van der Waals surface area contributed by atoms with Crippen molar-refractivity contribution < 1.29 is 9.84 Å². The standard InChI is InChI=1S/C10H14ClNO2/c1-6-3-7(9(13)5-12)4-8(11)10(6)14-2/h3-4,9,13H,5,12H2,1-2H3. The Hall–Kier alpha value is -0.770. The molecule has 1 aromatic rings. The molecule has 0 radical (unpaired) electrons. The second kappa shape index (κ2) is 4.64. The lowest BCUT2D eigenvalue weighted by Crippen LogP contribution is -2.11. The molecule has 0 spiro atoms. The van der Waals surface area contributed by atoms with Crippen LogP contribution in [0.15, 0.2) is 12.1 Å². The molecule has 0 aromatic heterocycles. The largest absolute Gasteiger partial charge is 0.495 e. The van der Waals surface area contributed by atoms with Gasteiger partial charge in [-0.3, -0.25) is 0 Å². The van der Waals surface area contributed by atoms with E-state index in [0.29, 0.717) is 10.8 Å². The van der Waals surface area contributed by atoms with Crippen LogP contribution in [0.25, 0.3) is 0 Å². The quantitative estimate of drug-likeness (QED) is 0.806. The number of hydrogen-bond donors (Lipinski definition) is 2. The zero-order valence-corrected chi connectivity index (χ0v) is 9.01. The number of methoxy groups -OCH3 is 1. The molecule has 4 heteroatoms. The molecule has 14 heavy (non-hydrogen) atoms. The van der Waals surface area contributed by atoms with Gasteiger partial charge in [0.15, 0.2) is 0 Å². The molecular formula is C10H14ClNO2. The van der Waals surface area contributed by atoms with Crippen molar-refractivity contribution in [3.05, 3.63) is 28.3 Å². The molecule has 0 aliphatic heterocycles. The number of nitrogens with two attached hydrogens (primary N) is 1. The molecule has 0 amide bonds. The number of hydrogen-bond acceptors (Lipinski definition) is 3. The molecule has 0 heterocycles. The molecule has 3 N–H and O–H groups in total. The number of rotatable bonds is 3. The van der Waals surface area contributed by atoms with Gasteiger partial charge >= 0.3 is 0 Å². The molecule has 1 unspecified atom stereocenters. The first kappa shape index (κ1) is 11.3. The van der Waals surface area contributed by atoms with E-state index in [1.807, 2.05) is 13.0 Å². The van der Waals surface area contributed by atoms with E-state index in [9.17, 15) is 5.11 Å². The van der Waals surface area contributed by atoms with Gasteiger partial charge in [0.1, 0.15) is 5.75 Å². The van der Waals surface area contributed by atoms with Crippen LogP contribution in [-0.2, 0) is 0 Å². The Balaban J connectivity index is 3.13. The molecule has 1 atom stereocenters. The van der Waals surface area contributed by atoms with Gasteiger partial charge in [0.25, 0.3) is 0 Å². The summed E-state index contributed by atoms with van der Waals surface area (Å²) in [6.45, 7) is 2.06. The zero-order valence-electron chi connectivity index (χ0n) is 8.25. The molecule has 0 saturated heterocycles. The van der Waals surface area contributed by atoms with Crippen molar-refractivity contribution in [3.8, 4) is 5.75 Å². The number of aryl methyl sites for hydroxylation is 1. The molecular weight excluding hydrogens is 202 g/mol. The highest BCUT2D eigenvalue weighted by Crippen LogP contribution is 2.31. The van der Waals surface area contributed by atoms with E-state index in [2.05, 4.69) is 0 Å². The lowest BCUT2D eigenvalue weighted by atomic mass is 10.1. The number of aliphatic hydroxyl groups excluding tert-OH is 1. The van der Waals surface area contributed by atoms with Crippen LogP contribution in [-0.4, -0.2) is 18.8 Å².